The molecule has 3 aliphatic carbocycles. The molecule has 0 aromatic heterocycles. The van der Waals surface area contributed by atoms with Crippen LogP contribution in [0.3, 0.4) is 0 Å². The molecular weight excluding hydrogens is 122 g/mol. The maximum absolute atomic E-state index is 8.92. The second-order valence-corrected chi connectivity index (χ2v) is 3.39. The zero-order valence-electron chi connectivity index (χ0n) is 5.49. The summed E-state index contributed by atoms with van der Waals surface area (Å²) in [6.45, 7) is 0. The van der Waals surface area contributed by atoms with Crippen molar-refractivity contribution in [2.75, 3.05) is 0 Å². The first-order valence-corrected chi connectivity index (χ1v) is 3.67. The van der Waals surface area contributed by atoms with Crippen LogP contribution < -0.4 is 0 Å². The van der Waals surface area contributed by atoms with Gasteiger partial charge in [-0.15, -0.1) is 0 Å². The van der Waals surface area contributed by atoms with Gasteiger partial charge in [0.25, 0.3) is 0 Å². The lowest BCUT2D eigenvalue weighted by Crippen LogP contribution is -2.05. The van der Waals surface area contributed by atoms with Crippen molar-refractivity contribution in [2.45, 2.75) is 0 Å². The van der Waals surface area contributed by atoms with Gasteiger partial charge in [0.1, 0.15) is 0 Å². The number of allylic oxidation sites excluding steroid dienone is 4. The molecule has 0 amide bonds. The van der Waals surface area contributed by atoms with Crippen molar-refractivity contribution in [2.24, 2.45) is 23.2 Å². The van der Waals surface area contributed by atoms with E-state index in [9.17, 15) is 0 Å². The summed E-state index contributed by atoms with van der Waals surface area (Å²) in [6.07, 6.45) is 8.76. The molecule has 1 saturated carbocycles. The van der Waals surface area contributed by atoms with Crippen molar-refractivity contribution in [1.82, 2.24) is 0 Å². The van der Waals surface area contributed by atoms with E-state index in [-0.39, 0.29) is 5.41 Å². The Bertz CT molecular complexity index is 272. The Morgan fingerprint density at radius 1 is 1.10 bits per heavy atom. The molecule has 0 saturated heterocycles. The first-order valence-electron chi connectivity index (χ1n) is 3.67. The van der Waals surface area contributed by atoms with Gasteiger partial charge in [-0.1, -0.05) is 24.3 Å². The van der Waals surface area contributed by atoms with Crippen LogP contribution in [-0.2, 0) is 0 Å². The second-order valence-electron chi connectivity index (χ2n) is 3.39. The minimum absolute atomic E-state index is 0.0139. The molecule has 10 heavy (non-hydrogen) atoms. The number of hydrogen-bond acceptors (Lipinski definition) is 1. The van der Waals surface area contributed by atoms with Crippen LogP contribution in [0.1, 0.15) is 0 Å². The van der Waals surface area contributed by atoms with Gasteiger partial charge in [-0.3, -0.25) is 0 Å². The van der Waals surface area contributed by atoms with Crippen LogP contribution in [0.25, 0.3) is 0 Å². The van der Waals surface area contributed by atoms with E-state index < -0.39 is 0 Å². The summed E-state index contributed by atoms with van der Waals surface area (Å²) in [5, 5.41) is 8.92. The van der Waals surface area contributed by atoms with Crippen molar-refractivity contribution in [1.29, 1.82) is 5.26 Å². The normalized spacial score (nSPS) is 58.5. The van der Waals surface area contributed by atoms with Gasteiger partial charge in [0, 0.05) is 17.8 Å². The third-order valence-corrected chi connectivity index (χ3v) is 3.18. The lowest BCUT2D eigenvalue weighted by atomic mass is 9.95. The minimum atomic E-state index is 0.0139. The second kappa shape index (κ2) is 1.08. The molecule has 1 fully saturated rings. The molecule has 0 aliphatic heterocycles. The van der Waals surface area contributed by atoms with Gasteiger partial charge in [-0.25, -0.2) is 0 Å². The Balaban J connectivity index is 2.21. The number of nitriles is 1. The lowest BCUT2D eigenvalue weighted by Gasteiger charge is -2.05. The predicted octanol–water partition coefficient (Wildman–Crippen LogP) is 1.50. The maximum Gasteiger partial charge on any atom is 0.0807 e. The van der Waals surface area contributed by atoms with E-state index in [1.807, 2.05) is 0 Å². The molecule has 0 heterocycles. The van der Waals surface area contributed by atoms with Crippen LogP contribution in [-0.4, -0.2) is 0 Å². The average Bonchev–Trinajstić information content (AvgIpc) is 2.34. The molecule has 2 atom stereocenters. The van der Waals surface area contributed by atoms with E-state index in [2.05, 4.69) is 30.4 Å². The van der Waals surface area contributed by atoms with E-state index >= 15 is 0 Å². The highest BCUT2D eigenvalue weighted by molar-refractivity contribution is 5.46. The molecular formula is C9H7N. The molecule has 0 aromatic rings. The lowest BCUT2D eigenvalue weighted by molar-refractivity contribution is 0.558. The van der Waals surface area contributed by atoms with Crippen LogP contribution in [0, 0.1) is 34.5 Å². The van der Waals surface area contributed by atoms with Crippen LogP contribution in [0.5, 0.6) is 0 Å². The van der Waals surface area contributed by atoms with Crippen LogP contribution in [0.4, 0.5) is 0 Å². The van der Waals surface area contributed by atoms with E-state index in [0.29, 0.717) is 17.8 Å². The molecule has 1 heteroatoms. The molecule has 0 N–H and O–H groups in total. The first-order chi connectivity index (χ1) is 4.89. The van der Waals surface area contributed by atoms with Gasteiger partial charge in [0.15, 0.2) is 0 Å². The fourth-order valence-electron chi connectivity index (χ4n) is 2.55. The molecule has 48 valence electrons. The summed E-state index contributed by atoms with van der Waals surface area (Å²) >= 11 is 0. The molecule has 0 radical (unpaired) electrons. The fraction of sp³-hybridized carbons (Fsp3) is 0.444. The van der Waals surface area contributed by atoms with E-state index in [0.717, 1.165) is 0 Å². The van der Waals surface area contributed by atoms with Gasteiger partial charge in [0.05, 0.1) is 11.5 Å². The van der Waals surface area contributed by atoms with Gasteiger partial charge in [0.2, 0.25) is 0 Å². The summed E-state index contributed by atoms with van der Waals surface area (Å²) in [7, 11) is 0. The van der Waals surface area contributed by atoms with Crippen molar-refractivity contribution in [3.8, 4) is 6.07 Å². The molecule has 0 bridgehead atoms. The molecule has 0 aromatic carbocycles. The van der Waals surface area contributed by atoms with Crippen molar-refractivity contribution in [3.05, 3.63) is 24.3 Å². The average molecular weight is 129 g/mol. The molecule has 0 spiro atoms. The van der Waals surface area contributed by atoms with Crippen molar-refractivity contribution in [3.63, 3.8) is 0 Å². The third kappa shape index (κ3) is 0.243. The van der Waals surface area contributed by atoms with E-state index in [1.54, 1.807) is 0 Å². The first kappa shape index (κ1) is 4.73. The summed E-state index contributed by atoms with van der Waals surface area (Å²) in [5.74, 6) is 1.60. The Hall–Kier alpha value is -1.03. The quantitative estimate of drug-likeness (QED) is 0.455. The highest BCUT2D eigenvalue weighted by atomic mass is 14.7. The summed E-state index contributed by atoms with van der Waals surface area (Å²) in [4.78, 5) is 0. The minimum Gasteiger partial charge on any atom is -0.198 e. The SMILES string of the molecule is N#CC12C3C=CC1C2C=C3. The third-order valence-electron chi connectivity index (χ3n) is 3.18. The van der Waals surface area contributed by atoms with Crippen LogP contribution >= 0.6 is 0 Å². The highest BCUT2D eigenvalue weighted by Gasteiger charge is 2.70. The van der Waals surface area contributed by atoms with Gasteiger partial charge < -0.3 is 0 Å². The summed E-state index contributed by atoms with van der Waals surface area (Å²) in [5.41, 5.74) is 0.0139. The van der Waals surface area contributed by atoms with E-state index in [4.69, 9.17) is 5.26 Å². The summed E-state index contributed by atoms with van der Waals surface area (Å²) in [6, 6.07) is 2.45. The standard InChI is InChI=1S/C9H7N/c10-5-9-6-1-3-7(9)8(9)4-2-6/h1-4,6-8H. The molecule has 2 unspecified atom stereocenters. The Kier molecular flexibility index (Phi) is 0.509. The highest BCUT2D eigenvalue weighted by Crippen LogP contribution is 2.71. The molecule has 1 nitrogen and oxygen atoms in total. The number of fused-ring (bicyclic) bond motifs is 1. The van der Waals surface area contributed by atoms with Gasteiger partial charge in [-0.2, -0.15) is 5.26 Å². The smallest absolute Gasteiger partial charge is 0.0807 e. The molecule has 3 aliphatic rings. The van der Waals surface area contributed by atoms with Gasteiger partial charge in [-0.05, 0) is 0 Å². The van der Waals surface area contributed by atoms with Crippen molar-refractivity contribution < 1.29 is 0 Å². The monoisotopic (exact) mass is 129 g/mol. The largest absolute Gasteiger partial charge is 0.198 e. The van der Waals surface area contributed by atoms with Crippen LogP contribution in [0.15, 0.2) is 24.3 Å². The maximum atomic E-state index is 8.92. The van der Waals surface area contributed by atoms with Crippen LogP contribution in [0.2, 0.25) is 0 Å². The Labute approximate surface area is 59.7 Å². The number of hydrogen-bond donors (Lipinski definition) is 0. The zero-order chi connectivity index (χ0) is 6.77. The van der Waals surface area contributed by atoms with Gasteiger partial charge >= 0.3 is 0 Å². The fourth-order valence-corrected chi connectivity index (χ4v) is 2.55. The van der Waals surface area contributed by atoms with Crippen molar-refractivity contribution >= 4 is 0 Å². The summed E-state index contributed by atoms with van der Waals surface area (Å²) < 4.78 is 0. The topological polar surface area (TPSA) is 23.8 Å². The van der Waals surface area contributed by atoms with E-state index in [1.165, 1.54) is 0 Å². The number of nitrogens with zero attached hydrogens (tertiary/aromatic N) is 1. The number of rotatable bonds is 0. The molecule has 3 rings (SSSR count). The predicted molar refractivity (Wildman–Crippen MR) is 36.8 cm³/mol. The zero-order valence-corrected chi connectivity index (χ0v) is 5.49. The Morgan fingerprint density at radius 2 is 1.70 bits per heavy atom. The Morgan fingerprint density at radius 3 is 2.00 bits per heavy atom.